The normalized spacial score (nSPS) is 12.2. The van der Waals surface area contributed by atoms with E-state index in [-0.39, 0.29) is 5.69 Å². The van der Waals surface area contributed by atoms with Crippen LogP contribution in [-0.4, -0.2) is 47.9 Å². The molecule has 0 aliphatic carbocycles. The van der Waals surface area contributed by atoms with E-state index in [1.54, 1.807) is 0 Å². The summed E-state index contributed by atoms with van der Waals surface area (Å²) in [4.78, 5) is 18.9. The van der Waals surface area contributed by atoms with Crippen LogP contribution >= 0.6 is 11.8 Å². The summed E-state index contributed by atoms with van der Waals surface area (Å²) in [5.41, 5.74) is -0.190. The van der Waals surface area contributed by atoms with Crippen molar-refractivity contribution in [2.24, 2.45) is 0 Å². The molecule has 0 saturated carbocycles. The van der Waals surface area contributed by atoms with E-state index in [0.717, 1.165) is 24.3 Å². The molecule has 0 unspecified atom stereocenters. The van der Waals surface area contributed by atoms with Crippen molar-refractivity contribution in [1.29, 1.82) is 0 Å². The van der Waals surface area contributed by atoms with Gasteiger partial charge in [-0.1, -0.05) is 0 Å². The molecule has 34 heavy (non-hydrogen) atoms. The number of anilines is 2. The Morgan fingerprint density at radius 2 is 1.47 bits per heavy atom. The lowest BCUT2D eigenvalue weighted by Gasteiger charge is -2.16. The fraction of sp³-hybridized carbons (Fsp3) is 0.312. The first kappa shape index (κ1) is 26.9. The third-order valence-corrected chi connectivity index (χ3v) is 3.49. The smallest absolute Gasteiger partial charge is 0.468 e. The van der Waals surface area contributed by atoms with Crippen LogP contribution in [0.15, 0.2) is 30.3 Å². The molecule has 1 aromatic carbocycles. The Labute approximate surface area is 188 Å². The first-order valence-electron chi connectivity index (χ1n) is 8.42. The number of nitrogens with zero attached hydrogens (tertiary/aromatic N) is 3. The van der Waals surface area contributed by atoms with Crippen molar-refractivity contribution >= 4 is 29.3 Å². The van der Waals surface area contributed by atoms with Crippen LogP contribution in [0.5, 0.6) is 17.6 Å². The van der Waals surface area contributed by atoms with Crippen LogP contribution in [0.1, 0.15) is 0 Å². The second-order valence-electron chi connectivity index (χ2n) is 5.93. The van der Waals surface area contributed by atoms with E-state index in [9.17, 15) is 44.3 Å². The van der Waals surface area contributed by atoms with E-state index in [1.807, 2.05) is 5.32 Å². The third-order valence-electron chi connectivity index (χ3n) is 3.14. The summed E-state index contributed by atoms with van der Waals surface area (Å²) in [6.45, 7) is -3.78. The van der Waals surface area contributed by atoms with Crippen LogP contribution in [0.25, 0.3) is 0 Å². The molecule has 1 aromatic heterocycles. The highest BCUT2D eigenvalue weighted by Gasteiger charge is 2.32. The molecule has 0 spiro atoms. The average Bonchev–Trinajstić information content (AvgIpc) is 2.68. The van der Waals surface area contributed by atoms with Crippen molar-refractivity contribution in [3.8, 4) is 17.6 Å². The quantitative estimate of drug-likeness (QED) is 0.380. The number of carbonyl (C=O) groups excluding carboxylic acids is 1. The van der Waals surface area contributed by atoms with Gasteiger partial charge in [0.15, 0.2) is 13.2 Å². The minimum absolute atomic E-state index is 0.190. The van der Waals surface area contributed by atoms with E-state index in [2.05, 4.69) is 24.2 Å². The topological polar surface area (TPSA) is 85.8 Å². The summed E-state index contributed by atoms with van der Waals surface area (Å²) < 4.78 is 123. The highest BCUT2D eigenvalue weighted by atomic mass is 35.5. The number of benzene rings is 1. The third kappa shape index (κ3) is 9.63. The molecule has 2 amide bonds. The lowest BCUT2D eigenvalue weighted by Crippen LogP contribution is -2.27. The Hall–Kier alpha value is -3.37. The molecule has 0 saturated heterocycles. The van der Waals surface area contributed by atoms with Crippen molar-refractivity contribution in [2.75, 3.05) is 22.9 Å². The number of amides is 2. The van der Waals surface area contributed by atoms with Crippen LogP contribution in [-0.2, 0) is 0 Å². The number of aromatic nitrogens is 2. The van der Waals surface area contributed by atoms with E-state index < -0.39 is 61.4 Å². The van der Waals surface area contributed by atoms with Gasteiger partial charge < -0.3 is 14.2 Å². The maximum Gasteiger partial charge on any atom is 0.573 e. The summed E-state index contributed by atoms with van der Waals surface area (Å²) >= 11 is 5.77. The predicted octanol–water partition coefficient (Wildman–Crippen LogP) is 5.45. The average molecular weight is 529 g/mol. The number of halogens is 10. The second kappa shape index (κ2) is 10.3. The second-order valence-corrected chi connectivity index (χ2v) is 6.27. The van der Waals surface area contributed by atoms with Gasteiger partial charge in [-0.15, -0.1) is 13.2 Å². The van der Waals surface area contributed by atoms with Crippen LogP contribution in [0, 0.1) is 0 Å². The van der Waals surface area contributed by atoms with E-state index in [1.165, 1.54) is 0 Å². The number of ether oxygens (including phenoxy) is 3. The van der Waals surface area contributed by atoms with Gasteiger partial charge in [0.05, 0.1) is 5.69 Å². The number of alkyl halides is 9. The number of hydrogen-bond donors (Lipinski definition) is 1. The standard InChI is InChI=1S/C16H10ClF9N4O4/c17-30(8-1-3-9(4-2-8)34-16(24,25)26)13(31)28-10-5-11(32-6-14(18,19)20)29-12(27-10)33-7-15(21,22)23/h1-5H,6-7H2,(H,27,28,29,31). The minimum Gasteiger partial charge on any atom is -0.468 e. The van der Waals surface area contributed by atoms with Gasteiger partial charge in [0.2, 0.25) is 5.88 Å². The molecule has 188 valence electrons. The molecule has 0 atom stereocenters. The van der Waals surface area contributed by atoms with Gasteiger partial charge in [-0.2, -0.15) is 36.3 Å². The van der Waals surface area contributed by atoms with Gasteiger partial charge in [-0.25, -0.2) is 9.21 Å². The van der Waals surface area contributed by atoms with Crippen molar-refractivity contribution in [1.82, 2.24) is 9.97 Å². The molecule has 0 aliphatic heterocycles. The molecule has 0 radical (unpaired) electrons. The Bertz CT molecular complexity index is 948. The predicted molar refractivity (Wildman–Crippen MR) is 95.6 cm³/mol. The molecule has 18 heteroatoms. The van der Waals surface area contributed by atoms with Gasteiger partial charge >= 0.3 is 30.8 Å². The van der Waals surface area contributed by atoms with Gasteiger partial charge in [0.25, 0.3) is 0 Å². The van der Waals surface area contributed by atoms with Crippen molar-refractivity contribution < 1.29 is 58.5 Å². The molecule has 2 aromatic rings. The zero-order chi connectivity index (χ0) is 25.7. The van der Waals surface area contributed by atoms with Crippen LogP contribution in [0.2, 0.25) is 0 Å². The summed E-state index contributed by atoms with van der Waals surface area (Å²) in [5, 5.41) is 1.94. The van der Waals surface area contributed by atoms with E-state index >= 15 is 0 Å². The lowest BCUT2D eigenvalue weighted by molar-refractivity contribution is -0.274. The Morgan fingerprint density at radius 3 is 2.00 bits per heavy atom. The number of rotatable bonds is 7. The van der Waals surface area contributed by atoms with Crippen LogP contribution in [0.4, 0.5) is 55.8 Å². The Kier molecular flexibility index (Phi) is 8.12. The zero-order valence-corrected chi connectivity index (χ0v) is 16.8. The number of nitrogens with one attached hydrogen (secondary N) is 1. The molecular formula is C16H10ClF9N4O4. The van der Waals surface area contributed by atoms with Crippen molar-refractivity contribution in [2.45, 2.75) is 18.7 Å². The SMILES string of the molecule is O=C(Nc1cc(OCC(F)(F)F)nc(OCC(F)(F)F)n1)N(Cl)c1ccc(OC(F)(F)F)cc1. The molecule has 1 N–H and O–H groups in total. The highest BCUT2D eigenvalue weighted by Crippen LogP contribution is 2.27. The zero-order valence-electron chi connectivity index (χ0n) is 16.1. The number of carbonyl (C=O) groups is 1. The first-order valence-corrected chi connectivity index (χ1v) is 8.75. The van der Waals surface area contributed by atoms with Gasteiger partial charge in [-0.3, -0.25) is 5.32 Å². The first-order chi connectivity index (χ1) is 15.5. The molecule has 0 aliphatic rings. The Balaban J connectivity index is 2.17. The fourth-order valence-corrected chi connectivity index (χ4v) is 2.12. The molecule has 0 bridgehead atoms. The van der Waals surface area contributed by atoms with Gasteiger partial charge in [0.1, 0.15) is 11.6 Å². The molecule has 2 rings (SSSR count). The number of urea groups is 1. The van der Waals surface area contributed by atoms with Gasteiger partial charge in [-0.05, 0) is 24.3 Å². The highest BCUT2D eigenvalue weighted by molar-refractivity contribution is 6.38. The monoisotopic (exact) mass is 528 g/mol. The molecule has 1 heterocycles. The van der Waals surface area contributed by atoms with Crippen molar-refractivity contribution in [3.05, 3.63) is 30.3 Å². The van der Waals surface area contributed by atoms with Gasteiger partial charge in [0, 0.05) is 17.8 Å². The largest absolute Gasteiger partial charge is 0.573 e. The summed E-state index contributed by atoms with van der Waals surface area (Å²) in [7, 11) is 0. The minimum atomic E-state index is -4.97. The van der Waals surface area contributed by atoms with Crippen molar-refractivity contribution in [3.63, 3.8) is 0 Å². The van der Waals surface area contributed by atoms with Crippen LogP contribution < -0.4 is 23.9 Å². The van der Waals surface area contributed by atoms with E-state index in [4.69, 9.17) is 11.8 Å². The lowest BCUT2D eigenvalue weighted by atomic mass is 10.3. The summed E-state index contributed by atoms with van der Waals surface area (Å²) in [6, 6.07) is 1.84. The summed E-state index contributed by atoms with van der Waals surface area (Å²) in [5.74, 6) is -2.19. The maximum absolute atomic E-state index is 12.4. The number of hydrogen-bond acceptors (Lipinski definition) is 6. The summed E-state index contributed by atoms with van der Waals surface area (Å²) in [6.07, 6.45) is -14.6. The van der Waals surface area contributed by atoms with Crippen LogP contribution in [0.3, 0.4) is 0 Å². The molecular weight excluding hydrogens is 519 g/mol. The molecule has 8 nitrogen and oxygen atoms in total. The van der Waals surface area contributed by atoms with E-state index in [0.29, 0.717) is 10.5 Å². The maximum atomic E-state index is 12.4. The molecule has 0 fully saturated rings. The Morgan fingerprint density at radius 1 is 0.912 bits per heavy atom. The fourth-order valence-electron chi connectivity index (χ4n) is 1.96.